The van der Waals surface area contributed by atoms with E-state index < -0.39 is 0 Å². The van der Waals surface area contributed by atoms with Gasteiger partial charge in [0, 0.05) is 5.39 Å². The monoisotopic (exact) mass is 484 g/mol. The summed E-state index contributed by atoms with van der Waals surface area (Å²) in [5.41, 5.74) is 1.64. The number of hydrogen-bond acceptors (Lipinski definition) is 8. The van der Waals surface area contributed by atoms with Crippen LogP contribution in [0.5, 0.6) is 5.75 Å². The Labute approximate surface area is 204 Å². The summed E-state index contributed by atoms with van der Waals surface area (Å²) >= 11 is 1.13. The maximum Gasteiger partial charge on any atom is 0.277 e. The Hall–Kier alpha value is -4.24. The van der Waals surface area contributed by atoms with Gasteiger partial charge in [-0.15, -0.1) is 10.2 Å². The van der Waals surface area contributed by atoms with E-state index in [1.54, 1.807) is 36.4 Å². The number of carbonyl (C=O) groups excluding carboxylic acids is 1. The zero-order valence-corrected chi connectivity index (χ0v) is 19.6. The van der Waals surface area contributed by atoms with Gasteiger partial charge < -0.3 is 9.15 Å². The first-order valence-electron chi connectivity index (χ1n) is 10.8. The summed E-state index contributed by atoms with van der Waals surface area (Å²) in [7, 11) is 1.53. The van der Waals surface area contributed by atoms with Crippen molar-refractivity contribution in [1.29, 1.82) is 0 Å². The molecule has 0 bridgehead atoms. The Morgan fingerprint density at radius 3 is 2.46 bits per heavy atom. The van der Waals surface area contributed by atoms with Crippen molar-refractivity contribution in [1.82, 2.24) is 20.0 Å². The Morgan fingerprint density at radius 1 is 0.943 bits per heavy atom. The average Bonchev–Trinajstić information content (AvgIpc) is 3.38. The lowest BCUT2D eigenvalue weighted by molar-refractivity contribution is 0.101. The molecule has 0 saturated carbocycles. The van der Waals surface area contributed by atoms with Crippen molar-refractivity contribution in [2.75, 3.05) is 12.9 Å². The van der Waals surface area contributed by atoms with Gasteiger partial charge in [-0.2, -0.15) is 5.10 Å². The zero-order valence-electron chi connectivity index (χ0n) is 18.7. The Bertz CT molecular complexity index is 1560. The molecule has 0 aliphatic heterocycles. The Morgan fingerprint density at radius 2 is 1.66 bits per heavy atom. The molecule has 3 aromatic carbocycles. The molecule has 35 heavy (non-hydrogen) atoms. The van der Waals surface area contributed by atoms with E-state index in [9.17, 15) is 9.59 Å². The molecule has 9 heteroatoms. The molecule has 0 atom stereocenters. The largest absolute Gasteiger partial charge is 0.496 e. The summed E-state index contributed by atoms with van der Waals surface area (Å²) in [5, 5.41) is 14.1. The molecule has 0 amide bonds. The first-order chi connectivity index (χ1) is 17.1. The van der Waals surface area contributed by atoms with E-state index in [1.807, 2.05) is 42.5 Å². The van der Waals surface area contributed by atoms with Crippen molar-refractivity contribution in [3.8, 4) is 17.3 Å². The van der Waals surface area contributed by atoms with Crippen molar-refractivity contribution in [2.45, 2.75) is 11.8 Å². The van der Waals surface area contributed by atoms with E-state index in [-0.39, 0.29) is 28.2 Å². The van der Waals surface area contributed by atoms with Crippen LogP contribution in [0.1, 0.15) is 15.9 Å². The second-order valence-corrected chi connectivity index (χ2v) is 8.55. The summed E-state index contributed by atoms with van der Waals surface area (Å²) in [5.74, 6) is 0.673. The fourth-order valence-electron chi connectivity index (χ4n) is 3.70. The van der Waals surface area contributed by atoms with Gasteiger partial charge in [0.1, 0.15) is 5.75 Å². The zero-order chi connectivity index (χ0) is 24.2. The van der Waals surface area contributed by atoms with Gasteiger partial charge in [-0.05, 0) is 23.8 Å². The molecule has 0 spiro atoms. The minimum atomic E-state index is -0.204. The maximum absolute atomic E-state index is 13.1. The van der Waals surface area contributed by atoms with Gasteiger partial charge in [0.2, 0.25) is 0 Å². The second-order valence-electron chi connectivity index (χ2n) is 7.63. The van der Waals surface area contributed by atoms with Crippen molar-refractivity contribution in [3.63, 3.8) is 0 Å². The highest BCUT2D eigenvalue weighted by molar-refractivity contribution is 7.99. The molecule has 5 rings (SSSR count). The number of Topliss-reactive ketones (excluding diaryl/α,β-unsaturated/α-hetero) is 1. The lowest BCUT2D eigenvalue weighted by Crippen LogP contribution is -2.24. The Balaban J connectivity index is 1.44. The van der Waals surface area contributed by atoms with E-state index in [0.717, 1.165) is 17.3 Å². The summed E-state index contributed by atoms with van der Waals surface area (Å²) in [6.07, 6.45) is 0. The summed E-state index contributed by atoms with van der Waals surface area (Å²) < 4.78 is 12.5. The number of aromatic nitrogens is 4. The third kappa shape index (κ3) is 4.71. The molecule has 0 aliphatic carbocycles. The van der Waals surface area contributed by atoms with Gasteiger partial charge >= 0.3 is 0 Å². The number of benzene rings is 3. The van der Waals surface area contributed by atoms with Gasteiger partial charge in [-0.1, -0.05) is 72.4 Å². The molecule has 0 saturated heterocycles. The van der Waals surface area contributed by atoms with Gasteiger partial charge in [-0.3, -0.25) is 9.59 Å². The minimum absolute atomic E-state index is 0.101. The van der Waals surface area contributed by atoms with Crippen LogP contribution in [0, 0.1) is 0 Å². The van der Waals surface area contributed by atoms with Crippen LogP contribution in [0.4, 0.5) is 0 Å². The lowest BCUT2D eigenvalue weighted by Gasteiger charge is -2.09. The van der Waals surface area contributed by atoms with Crippen LogP contribution in [0.15, 0.2) is 93.3 Å². The number of nitrogens with zero attached hydrogens (tertiary/aromatic N) is 4. The molecule has 5 aromatic rings. The second kappa shape index (κ2) is 9.94. The summed E-state index contributed by atoms with van der Waals surface area (Å²) in [6.45, 7) is 0.306. The predicted molar refractivity (Wildman–Crippen MR) is 133 cm³/mol. The molecule has 174 valence electrons. The van der Waals surface area contributed by atoms with Crippen LogP contribution < -0.4 is 10.3 Å². The van der Waals surface area contributed by atoms with Crippen LogP contribution in [0.3, 0.4) is 0 Å². The number of carbonyl (C=O) groups is 1. The number of fused-ring (bicyclic) bond motifs is 1. The first-order valence-corrected chi connectivity index (χ1v) is 11.8. The van der Waals surface area contributed by atoms with Crippen LogP contribution in [0.2, 0.25) is 0 Å². The Kier molecular flexibility index (Phi) is 6.40. The maximum atomic E-state index is 13.1. The number of methoxy groups -OCH3 is 1. The van der Waals surface area contributed by atoms with Gasteiger partial charge in [0.25, 0.3) is 16.7 Å². The van der Waals surface area contributed by atoms with Gasteiger partial charge in [-0.25, -0.2) is 4.68 Å². The topological polar surface area (TPSA) is 100 Å². The highest BCUT2D eigenvalue weighted by Crippen LogP contribution is 2.28. The van der Waals surface area contributed by atoms with Gasteiger partial charge in [0.15, 0.2) is 11.5 Å². The standard InChI is InChI=1S/C26H20N4O4S/c1-33-22-14-8-7-13-20(22)21(31)16-35-26-28-27-24(34-26)23-18-11-5-6-12-19(18)25(32)30(29-23)15-17-9-3-2-4-10-17/h2-14H,15-16H2,1H3. The number of hydrogen-bond donors (Lipinski definition) is 0. The van der Waals surface area contributed by atoms with Crippen molar-refractivity contribution >= 4 is 28.3 Å². The highest BCUT2D eigenvalue weighted by Gasteiger charge is 2.19. The number of rotatable bonds is 8. The van der Waals surface area contributed by atoms with E-state index in [2.05, 4.69) is 15.3 Å². The quantitative estimate of drug-likeness (QED) is 0.235. The van der Waals surface area contributed by atoms with Crippen LogP contribution >= 0.6 is 11.8 Å². The first kappa shape index (κ1) is 22.5. The molecule has 0 N–H and O–H groups in total. The van der Waals surface area contributed by atoms with Crippen molar-refractivity contribution in [3.05, 3.63) is 100 Å². The number of ether oxygens (including phenoxy) is 1. The van der Waals surface area contributed by atoms with Gasteiger partial charge in [0.05, 0.1) is 30.4 Å². The lowest BCUT2D eigenvalue weighted by atomic mass is 10.1. The predicted octanol–water partition coefficient (Wildman–Crippen LogP) is 4.48. The van der Waals surface area contributed by atoms with E-state index >= 15 is 0 Å². The molecular formula is C26H20N4O4S. The van der Waals surface area contributed by atoms with E-state index in [0.29, 0.717) is 34.3 Å². The van der Waals surface area contributed by atoms with Crippen molar-refractivity contribution in [2.24, 2.45) is 0 Å². The third-order valence-electron chi connectivity index (χ3n) is 5.39. The molecule has 0 fully saturated rings. The molecule has 2 heterocycles. The number of ketones is 1. The fraction of sp³-hybridized carbons (Fsp3) is 0.115. The normalized spacial score (nSPS) is 11.0. The van der Waals surface area contributed by atoms with E-state index in [4.69, 9.17) is 9.15 Å². The van der Waals surface area contributed by atoms with Crippen molar-refractivity contribution < 1.29 is 13.9 Å². The number of para-hydroxylation sites is 1. The molecule has 0 radical (unpaired) electrons. The third-order valence-corrected chi connectivity index (χ3v) is 6.20. The van der Waals surface area contributed by atoms with E-state index in [1.165, 1.54) is 11.8 Å². The molecule has 0 aliphatic rings. The number of thioether (sulfide) groups is 1. The summed E-state index contributed by atoms with van der Waals surface area (Å²) in [4.78, 5) is 25.7. The fourth-order valence-corrected chi connectivity index (χ4v) is 4.35. The summed E-state index contributed by atoms with van der Waals surface area (Å²) in [6, 6.07) is 23.8. The van der Waals surface area contributed by atoms with Crippen LogP contribution in [-0.4, -0.2) is 38.6 Å². The van der Waals surface area contributed by atoms with Crippen LogP contribution in [0.25, 0.3) is 22.4 Å². The molecule has 8 nitrogen and oxygen atoms in total. The van der Waals surface area contributed by atoms with Crippen LogP contribution in [-0.2, 0) is 6.54 Å². The highest BCUT2D eigenvalue weighted by atomic mass is 32.2. The SMILES string of the molecule is COc1ccccc1C(=O)CSc1nnc(-c2nn(Cc3ccccc3)c(=O)c3ccccc23)o1. The molecule has 2 aromatic heterocycles. The minimum Gasteiger partial charge on any atom is -0.496 e. The average molecular weight is 485 g/mol. The smallest absolute Gasteiger partial charge is 0.277 e. The molecule has 0 unspecified atom stereocenters. The molecular weight excluding hydrogens is 464 g/mol.